The molecule has 0 bridgehead atoms. The highest BCUT2D eigenvalue weighted by Gasteiger charge is 2.06. The smallest absolute Gasteiger partial charge is 0.122 e. The Balaban J connectivity index is 2.14. The Hall–Kier alpha value is -1.10. The minimum atomic E-state index is -0.497. The average Bonchev–Trinajstić information content (AvgIpc) is 2.41. The van der Waals surface area contributed by atoms with Crippen molar-refractivity contribution in [1.29, 1.82) is 0 Å². The molecule has 2 N–H and O–H groups in total. The molecule has 0 aromatic heterocycles. The van der Waals surface area contributed by atoms with Gasteiger partial charge in [-0.25, -0.2) is 0 Å². The predicted octanol–water partition coefficient (Wildman–Crippen LogP) is 2.06. The Labute approximate surface area is 122 Å². The second-order valence-electron chi connectivity index (χ2n) is 4.99. The fraction of sp³-hybridized carbons (Fsp3) is 0.625. The van der Waals surface area contributed by atoms with Crippen molar-refractivity contribution in [3.63, 3.8) is 0 Å². The Morgan fingerprint density at radius 1 is 1.30 bits per heavy atom. The molecule has 0 spiro atoms. The standard InChI is InChI=1S/C16H27NO3/c1-4-19-9-5-8-17-11-15(18)12-20-16-7-6-13(2)10-14(16)3/h6-7,10,15,17-18H,4-5,8-9,11-12H2,1-3H3. The van der Waals surface area contributed by atoms with Crippen LogP contribution in [0.5, 0.6) is 5.75 Å². The molecule has 0 aliphatic heterocycles. The lowest BCUT2D eigenvalue weighted by Gasteiger charge is -2.15. The zero-order chi connectivity index (χ0) is 14.8. The third-order valence-corrected chi connectivity index (χ3v) is 2.99. The quantitative estimate of drug-likeness (QED) is 0.645. The largest absolute Gasteiger partial charge is 0.491 e. The molecule has 0 aliphatic rings. The van der Waals surface area contributed by atoms with Crippen LogP contribution in [0.25, 0.3) is 0 Å². The molecule has 0 heterocycles. The molecule has 0 amide bonds. The van der Waals surface area contributed by atoms with Gasteiger partial charge in [-0.2, -0.15) is 0 Å². The molecule has 1 aromatic rings. The first kappa shape index (κ1) is 17.0. The van der Waals surface area contributed by atoms with Crippen LogP contribution in [0.2, 0.25) is 0 Å². The molecule has 20 heavy (non-hydrogen) atoms. The minimum Gasteiger partial charge on any atom is -0.491 e. The molecule has 1 atom stereocenters. The SMILES string of the molecule is CCOCCCNCC(O)COc1ccc(C)cc1C. The number of nitrogens with one attached hydrogen (secondary N) is 1. The van der Waals surface area contributed by atoms with Crippen LogP contribution in [0.15, 0.2) is 18.2 Å². The number of aryl methyl sites for hydroxylation is 2. The summed E-state index contributed by atoms with van der Waals surface area (Å²) in [5.41, 5.74) is 2.31. The van der Waals surface area contributed by atoms with Crippen molar-refractivity contribution < 1.29 is 14.6 Å². The van der Waals surface area contributed by atoms with E-state index in [0.717, 1.165) is 37.5 Å². The van der Waals surface area contributed by atoms with Crippen molar-refractivity contribution in [3.8, 4) is 5.75 Å². The van der Waals surface area contributed by atoms with Gasteiger partial charge in [0.1, 0.15) is 18.5 Å². The summed E-state index contributed by atoms with van der Waals surface area (Å²) in [5, 5.41) is 13.0. The van der Waals surface area contributed by atoms with E-state index in [1.807, 2.05) is 26.0 Å². The van der Waals surface area contributed by atoms with Gasteiger partial charge in [-0.15, -0.1) is 0 Å². The van der Waals surface area contributed by atoms with E-state index in [2.05, 4.69) is 18.3 Å². The zero-order valence-corrected chi connectivity index (χ0v) is 12.8. The van der Waals surface area contributed by atoms with E-state index >= 15 is 0 Å². The molecule has 114 valence electrons. The summed E-state index contributed by atoms with van der Waals surface area (Å²) < 4.78 is 10.9. The first-order valence-corrected chi connectivity index (χ1v) is 7.30. The summed E-state index contributed by atoms with van der Waals surface area (Å²) in [6.07, 6.45) is 0.459. The van der Waals surface area contributed by atoms with Crippen LogP contribution in [0.3, 0.4) is 0 Å². The van der Waals surface area contributed by atoms with Crippen LogP contribution in [-0.4, -0.2) is 44.1 Å². The van der Waals surface area contributed by atoms with Crippen molar-refractivity contribution in [2.24, 2.45) is 0 Å². The third kappa shape index (κ3) is 6.89. The second kappa shape index (κ2) is 9.75. The summed E-state index contributed by atoms with van der Waals surface area (Å²) in [6, 6.07) is 6.04. The fourth-order valence-electron chi connectivity index (χ4n) is 1.92. The first-order valence-electron chi connectivity index (χ1n) is 7.30. The van der Waals surface area contributed by atoms with Crippen molar-refractivity contribution in [1.82, 2.24) is 5.32 Å². The Morgan fingerprint density at radius 2 is 2.10 bits per heavy atom. The van der Waals surface area contributed by atoms with Crippen molar-refractivity contribution in [2.75, 3.05) is 32.9 Å². The number of ether oxygens (including phenoxy) is 2. The molecule has 1 aromatic carbocycles. The molecular formula is C16H27NO3. The molecule has 1 unspecified atom stereocenters. The van der Waals surface area contributed by atoms with Gasteiger partial charge in [-0.05, 0) is 45.4 Å². The molecular weight excluding hydrogens is 254 g/mol. The van der Waals surface area contributed by atoms with Crippen LogP contribution in [0, 0.1) is 13.8 Å². The van der Waals surface area contributed by atoms with Gasteiger partial charge in [0.25, 0.3) is 0 Å². The molecule has 0 aliphatic carbocycles. The maximum Gasteiger partial charge on any atom is 0.122 e. The third-order valence-electron chi connectivity index (χ3n) is 2.99. The molecule has 4 heteroatoms. The van der Waals surface area contributed by atoms with E-state index in [1.54, 1.807) is 0 Å². The van der Waals surface area contributed by atoms with Crippen molar-refractivity contribution in [3.05, 3.63) is 29.3 Å². The minimum absolute atomic E-state index is 0.308. The lowest BCUT2D eigenvalue weighted by molar-refractivity contribution is 0.104. The summed E-state index contributed by atoms with van der Waals surface area (Å²) in [5.74, 6) is 0.839. The van der Waals surface area contributed by atoms with Crippen LogP contribution in [0.1, 0.15) is 24.5 Å². The lowest BCUT2D eigenvalue weighted by Crippen LogP contribution is -2.32. The fourth-order valence-corrected chi connectivity index (χ4v) is 1.92. The van der Waals surface area contributed by atoms with Gasteiger partial charge >= 0.3 is 0 Å². The monoisotopic (exact) mass is 281 g/mol. The van der Waals surface area contributed by atoms with E-state index < -0.39 is 6.10 Å². The molecule has 0 saturated heterocycles. The molecule has 0 radical (unpaired) electrons. The summed E-state index contributed by atoms with van der Waals surface area (Å²) >= 11 is 0. The number of benzene rings is 1. The second-order valence-corrected chi connectivity index (χ2v) is 4.99. The summed E-state index contributed by atoms with van der Waals surface area (Å²) in [7, 11) is 0. The number of hydrogen-bond acceptors (Lipinski definition) is 4. The topological polar surface area (TPSA) is 50.7 Å². The summed E-state index contributed by atoms with van der Waals surface area (Å²) in [4.78, 5) is 0. The van der Waals surface area contributed by atoms with E-state index in [1.165, 1.54) is 5.56 Å². The number of aliphatic hydroxyl groups excluding tert-OH is 1. The zero-order valence-electron chi connectivity index (χ0n) is 12.8. The number of rotatable bonds is 10. The number of aliphatic hydroxyl groups is 1. The molecule has 0 fully saturated rings. The highest BCUT2D eigenvalue weighted by molar-refractivity contribution is 5.35. The van der Waals surface area contributed by atoms with Gasteiger partial charge < -0.3 is 19.9 Å². The normalized spacial score (nSPS) is 12.4. The van der Waals surface area contributed by atoms with Gasteiger partial charge in [0, 0.05) is 19.8 Å². The van der Waals surface area contributed by atoms with Crippen LogP contribution < -0.4 is 10.1 Å². The average molecular weight is 281 g/mol. The maximum atomic E-state index is 9.84. The van der Waals surface area contributed by atoms with Gasteiger partial charge in [0.15, 0.2) is 0 Å². The van der Waals surface area contributed by atoms with Crippen molar-refractivity contribution in [2.45, 2.75) is 33.3 Å². The molecule has 0 saturated carbocycles. The molecule has 1 rings (SSSR count). The van der Waals surface area contributed by atoms with E-state index in [-0.39, 0.29) is 0 Å². The van der Waals surface area contributed by atoms with Gasteiger partial charge in [-0.3, -0.25) is 0 Å². The van der Waals surface area contributed by atoms with E-state index in [0.29, 0.717) is 13.2 Å². The lowest BCUT2D eigenvalue weighted by atomic mass is 10.1. The van der Waals surface area contributed by atoms with Crippen LogP contribution in [0.4, 0.5) is 0 Å². The van der Waals surface area contributed by atoms with Gasteiger partial charge in [0.2, 0.25) is 0 Å². The maximum absolute atomic E-state index is 9.84. The highest BCUT2D eigenvalue weighted by atomic mass is 16.5. The van der Waals surface area contributed by atoms with Gasteiger partial charge in [-0.1, -0.05) is 17.7 Å². The van der Waals surface area contributed by atoms with Crippen LogP contribution in [-0.2, 0) is 4.74 Å². The Bertz CT molecular complexity index is 382. The summed E-state index contributed by atoms with van der Waals surface area (Å²) in [6.45, 7) is 9.27. The van der Waals surface area contributed by atoms with Gasteiger partial charge in [0.05, 0.1) is 0 Å². The first-order chi connectivity index (χ1) is 9.63. The highest BCUT2D eigenvalue weighted by Crippen LogP contribution is 2.18. The van der Waals surface area contributed by atoms with Crippen LogP contribution >= 0.6 is 0 Å². The number of hydrogen-bond donors (Lipinski definition) is 2. The van der Waals surface area contributed by atoms with Crippen molar-refractivity contribution >= 4 is 0 Å². The predicted molar refractivity (Wildman–Crippen MR) is 81.4 cm³/mol. The Morgan fingerprint density at radius 3 is 2.80 bits per heavy atom. The molecule has 4 nitrogen and oxygen atoms in total. The Kier molecular flexibility index (Phi) is 8.26. The van der Waals surface area contributed by atoms with E-state index in [9.17, 15) is 5.11 Å². The van der Waals surface area contributed by atoms with E-state index in [4.69, 9.17) is 9.47 Å².